The lowest BCUT2D eigenvalue weighted by atomic mass is 9.77. The number of nitrogens with one attached hydrogen (secondary N) is 1. The van der Waals surface area contributed by atoms with Crippen LogP contribution in [-0.4, -0.2) is 12.6 Å². The molecule has 3 unspecified atom stereocenters. The molecule has 0 saturated heterocycles. The first kappa shape index (κ1) is 14.4. The molecular weight excluding hydrogens is 218 g/mol. The summed E-state index contributed by atoms with van der Waals surface area (Å²) in [6, 6.07) is 0.803. The van der Waals surface area contributed by atoms with E-state index in [0.29, 0.717) is 0 Å². The van der Waals surface area contributed by atoms with Gasteiger partial charge in [-0.3, -0.25) is 0 Å². The Kier molecular flexibility index (Phi) is 5.54. The van der Waals surface area contributed by atoms with Crippen LogP contribution < -0.4 is 5.32 Å². The summed E-state index contributed by atoms with van der Waals surface area (Å²) in [5.41, 5.74) is 0. The van der Waals surface area contributed by atoms with E-state index in [0.717, 1.165) is 29.7 Å². The zero-order chi connectivity index (χ0) is 13.0. The predicted molar refractivity (Wildman–Crippen MR) is 79.7 cm³/mol. The zero-order valence-electron chi connectivity index (χ0n) is 12.8. The number of rotatable bonds is 4. The molecule has 1 nitrogen and oxygen atoms in total. The van der Waals surface area contributed by atoms with Crippen LogP contribution in [-0.2, 0) is 0 Å². The lowest BCUT2D eigenvalue weighted by molar-refractivity contribution is 0.187. The van der Waals surface area contributed by atoms with Gasteiger partial charge in [-0.2, -0.15) is 0 Å². The highest BCUT2D eigenvalue weighted by Gasteiger charge is 2.27. The van der Waals surface area contributed by atoms with Crippen LogP contribution in [0.1, 0.15) is 72.1 Å². The van der Waals surface area contributed by atoms with Gasteiger partial charge >= 0.3 is 0 Å². The van der Waals surface area contributed by atoms with Crippen molar-refractivity contribution in [3.05, 3.63) is 0 Å². The molecule has 2 saturated carbocycles. The fourth-order valence-corrected chi connectivity index (χ4v) is 4.03. The summed E-state index contributed by atoms with van der Waals surface area (Å²) >= 11 is 0. The first-order valence-electron chi connectivity index (χ1n) is 8.44. The Labute approximate surface area is 114 Å². The second-order valence-corrected chi connectivity index (χ2v) is 7.08. The van der Waals surface area contributed by atoms with Gasteiger partial charge in [-0.15, -0.1) is 0 Å². The van der Waals surface area contributed by atoms with Crippen LogP contribution in [0.2, 0.25) is 0 Å². The Hall–Kier alpha value is -0.0400. The minimum Gasteiger partial charge on any atom is -0.313 e. The maximum atomic E-state index is 3.90. The minimum absolute atomic E-state index is 0.803. The first-order chi connectivity index (χ1) is 8.70. The summed E-state index contributed by atoms with van der Waals surface area (Å²) in [6.45, 7) is 8.53. The van der Waals surface area contributed by atoms with Crippen molar-refractivity contribution in [2.24, 2.45) is 23.7 Å². The molecule has 2 fully saturated rings. The van der Waals surface area contributed by atoms with Crippen LogP contribution in [0.25, 0.3) is 0 Å². The van der Waals surface area contributed by atoms with Gasteiger partial charge in [0, 0.05) is 6.04 Å². The van der Waals surface area contributed by atoms with E-state index in [1.54, 1.807) is 0 Å². The third-order valence-corrected chi connectivity index (χ3v) is 5.92. The molecule has 1 heteroatoms. The molecule has 1 N–H and O–H groups in total. The molecule has 0 heterocycles. The smallest absolute Gasteiger partial charge is 0.00953 e. The quantitative estimate of drug-likeness (QED) is 0.769. The van der Waals surface area contributed by atoms with Crippen LogP contribution in [0.3, 0.4) is 0 Å². The molecule has 2 rings (SSSR count). The molecular formula is C17H33N. The summed E-state index contributed by atoms with van der Waals surface area (Å²) in [7, 11) is 0. The third-order valence-electron chi connectivity index (χ3n) is 5.92. The van der Waals surface area contributed by atoms with E-state index in [-0.39, 0.29) is 0 Å². The first-order valence-corrected chi connectivity index (χ1v) is 8.44. The molecule has 0 aromatic rings. The van der Waals surface area contributed by atoms with Crippen LogP contribution in [0.4, 0.5) is 0 Å². The monoisotopic (exact) mass is 251 g/mol. The summed E-state index contributed by atoms with van der Waals surface area (Å²) in [5.74, 6) is 3.81. The van der Waals surface area contributed by atoms with E-state index in [1.165, 1.54) is 57.9 Å². The van der Waals surface area contributed by atoms with Crippen molar-refractivity contribution in [1.82, 2.24) is 5.32 Å². The van der Waals surface area contributed by atoms with Gasteiger partial charge in [0.15, 0.2) is 0 Å². The Morgan fingerprint density at radius 3 is 2.22 bits per heavy atom. The van der Waals surface area contributed by atoms with Gasteiger partial charge in [-0.1, -0.05) is 52.9 Å². The van der Waals surface area contributed by atoms with Gasteiger partial charge in [0.05, 0.1) is 0 Å². The van der Waals surface area contributed by atoms with Gasteiger partial charge in [0.25, 0.3) is 0 Å². The number of hydrogen-bond donors (Lipinski definition) is 1. The van der Waals surface area contributed by atoms with Gasteiger partial charge in [0.2, 0.25) is 0 Å². The molecule has 18 heavy (non-hydrogen) atoms. The zero-order valence-corrected chi connectivity index (χ0v) is 12.8. The van der Waals surface area contributed by atoms with E-state index < -0.39 is 0 Å². The van der Waals surface area contributed by atoms with Crippen LogP contribution in [0.15, 0.2) is 0 Å². The molecule has 106 valence electrons. The van der Waals surface area contributed by atoms with Crippen molar-refractivity contribution in [1.29, 1.82) is 0 Å². The molecule has 3 atom stereocenters. The van der Waals surface area contributed by atoms with Crippen LogP contribution >= 0.6 is 0 Å². The fraction of sp³-hybridized carbons (Fsp3) is 1.00. The average Bonchev–Trinajstić information content (AvgIpc) is 2.41. The molecule has 0 amide bonds. The highest BCUT2D eigenvalue weighted by atomic mass is 14.9. The second kappa shape index (κ2) is 6.93. The summed E-state index contributed by atoms with van der Waals surface area (Å²) in [6.07, 6.45) is 11.6. The normalized spacial score (nSPS) is 41.8. The molecule has 0 aliphatic heterocycles. The summed E-state index contributed by atoms with van der Waals surface area (Å²) < 4.78 is 0. The maximum absolute atomic E-state index is 3.90. The lowest BCUT2D eigenvalue weighted by Gasteiger charge is -2.36. The van der Waals surface area contributed by atoms with E-state index in [1.807, 2.05) is 0 Å². The maximum Gasteiger partial charge on any atom is 0.00953 e. The Bertz CT molecular complexity index is 230. The Balaban J connectivity index is 1.68. The van der Waals surface area contributed by atoms with Gasteiger partial charge in [-0.25, -0.2) is 0 Å². The average molecular weight is 251 g/mol. The van der Waals surface area contributed by atoms with Gasteiger partial charge < -0.3 is 5.32 Å². The highest BCUT2D eigenvalue weighted by Crippen LogP contribution is 2.32. The van der Waals surface area contributed by atoms with Gasteiger partial charge in [-0.05, 0) is 49.5 Å². The van der Waals surface area contributed by atoms with E-state index in [4.69, 9.17) is 0 Å². The van der Waals surface area contributed by atoms with Crippen molar-refractivity contribution < 1.29 is 0 Å². The fourth-order valence-electron chi connectivity index (χ4n) is 4.03. The molecule has 0 bridgehead atoms. The third kappa shape index (κ3) is 3.73. The topological polar surface area (TPSA) is 12.0 Å². The van der Waals surface area contributed by atoms with Crippen LogP contribution in [0.5, 0.6) is 0 Å². The Morgan fingerprint density at radius 2 is 1.56 bits per heavy atom. The number of hydrogen-bond acceptors (Lipinski definition) is 1. The summed E-state index contributed by atoms with van der Waals surface area (Å²) in [4.78, 5) is 0. The van der Waals surface area contributed by atoms with Crippen molar-refractivity contribution in [2.45, 2.75) is 78.2 Å². The van der Waals surface area contributed by atoms with Crippen molar-refractivity contribution in [3.63, 3.8) is 0 Å². The van der Waals surface area contributed by atoms with Crippen molar-refractivity contribution in [2.75, 3.05) is 6.54 Å². The van der Waals surface area contributed by atoms with E-state index in [2.05, 4.69) is 26.1 Å². The molecule has 0 aromatic heterocycles. The largest absolute Gasteiger partial charge is 0.313 e. The highest BCUT2D eigenvalue weighted by molar-refractivity contribution is 4.83. The second-order valence-electron chi connectivity index (χ2n) is 7.08. The van der Waals surface area contributed by atoms with E-state index in [9.17, 15) is 0 Å². The minimum atomic E-state index is 0.803. The molecule has 0 aromatic carbocycles. The summed E-state index contributed by atoms with van der Waals surface area (Å²) in [5, 5.41) is 3.90. The standard InChI is InChI=1S/C17H33N/c1-4-15-8-10-16(11-9-15)12-18-17-7-5-6-13(2)14(17)3/h13-18H,4-12H2,1-3H3. The molecule has 0 spiro atoms. The van der Waals surface area contributed by atoms with Crippen molar-refractivity contribution in [3.8, 4) is 0 Å². The van der Waals surface area contributed by atoms with Crippen LogP contribution in [0, 0.1) is 23.7 Å². The Morgan fingerprint density at radius 1 is 0.889 bits per heavy atom. The molecule has 2 aliphatic rings. The van der Waals surface area contributed by atoms with Crippen molar-refractivity contribution >= 4 is 0 Å². The molecule has 0 radical (unpaired) electrons. The van der Waals surface area contributed by atoms with E-state index >= 15 is 0 Å². The molecule has 2 aliphatic carbocycles. The lowest BCUT2D eigenvalue weighted by Crippen LogP contribution is -2.43. The SMILES string of the molecule is CCC1CCC(CNC2CCCC(C)C2C)CC1. The van der Waals surface area contributed by atoms with Gasteiger partial charge in [0.1, 0.15) is 0 Å². The predicted octanol–water partition coefficient (Wildman–Crippen LogP) is 4.62.